The molecular weight excluding hydrogens is 289 g/mol. The summed E-state index contributed by atoms with van der Waals surface area (Å²) >= 11 is 0. The molecule has 0 spiro atoms. The van der Waals surface area contributed by atoms with Crippen LogP contribution in [0.5, 0.6) is 0 Å². The third kappa shape index (κ3) is 4.66. The predicted octanol–water partition coefficient (Wildman–Crippen LogP) is 5.35. The van der Waals surface area contributed by atoms with E-state index in [9.17, 15) is 4.39 Å². The Bertz CT molecular complexity index is 663. The normalized spacial score (nSPS) is 13.8. The second kappa shape index (κ2) is 8.47. The van der Waals surface area contributed by atoms with Crippen molar-refractivity contribution in [2.75, 3.05) is 0 Å². The molecule has 1 saturated carbocycles. The molecular formula is C19H26FN3. The molecule has 0 aliphatic heterocycles. The summed E-state index contributed by atoms with van der Waals surface area (Å²) in [6, 6.07) is 7.52. The Morgan fingerprint density at radius 3 is 2.39 bits per heavy atom. The van der Waals surface area contributed by atoms with Gasteiger partial charge in [-0.05, 0) is 37.0 Å². The Hall–Kier alpha value is -2.15. The molecule has 0 radical (unpaired) electrons. The SMILES string of the molecule is CC.CC.Cc1ccc(-c2cnn(CC3(C#N)CC3)c2)cc1F. The highest BCUT2D eigenvalue weighted by Gasteiger charge is 2.43. The number of nitrogens with zero attached hydrogens (tertiary/aromatic N) is 3. The molecule has 0 N–H and O–H groups in total. The fourth-order valence-electron chi connectivity index (χ4n) is 2.14. The molecule has 1 heterocycles. The molecule has 0 amide bonds. The zero-order chi connectivity index (χ0) is 17.5. The van der Waals surface area contributed by atoms with E-state index in [1.807, 2.05) is 40.0 Å². The number of hydrogen-bond donors (Lipinski definition) is 0. The average molecular weight is 315 g/mol. The Kier molecular flexibility index (Phi) is 6.96. The van der Waals surface area contributed by atoms with Gasteiger partial charge in [0.2, 0.25) is 0 Å². The van der Waals surface area contributed by atoms with Crippen molar-refractivity contribution in [3.05, 3.63) is 42.0 Å². The van der Waals surface area contributed by atoms with Crippen molar-refractivity contribution in [3.8, 4) is 17.2 Å². The molecule has 0 atom stereocenters. The minimum atomic E-state index is -0.220. The third-order valence-electron chi connectivity index (χ3n) is 3.69. The van der Waals surface area contributed by atoms with Gasteiger partial charge in [0.25, 0.3) is 0 Å². The molecule has 1 aromatic carbocycles. The van der Waals surface area contributed by atoms with Gasteiger partial charge in [-0.1, -0.05) is 39.8 Å². The molecule has 1 aromatic heterocycles. The summed E-state index contributed by atoms with van der Waals surface area (Å²) in [5, 5.41) is 13.3. The van der Waals surface area contributed by atoms with Crippen LogP contribution in [0.1, 0.15) is 46.1 Å². The van der Waals surface area contributed by atoms with Crippen molar-refractivity contribution in [2.24, 2.45) is 5.41 Å². The molecule has 3 rings (SSSR count). The second-order valence-corrected chi connectivity index (χ2v) is 5.28. The van der Waals surface area contributed by atoms with Crippen molar-refractivity contribution in [2.45, 2.75) is 54.0 Å². The van der Waals surface area contributed by atoms with E-state index in [4.69, 9.17) is 5.26 Å². The van der Waals surface area contributed by atoms with Gasteiger partial charge >= 0.3 is 0 Å². The van der Waals surface area contributed by atoms with Gasteiger partial charge in [0.15, 0.2) is 0 Å². The Labute approximate surface area is 138 Å². The van der Waals surface area contributed by atoms with Crippen LogP contribution in [0.3, 0.4) is 0 Å². The number of halogens is 1. The number of benzene rings is 1. The minimum absolute atomic E-state index is 0.207. The maximum absolute atomic E-state index is 13.5. The average Bonchev–Trinajstić information content (AvgIpc) is 3.22. The van der Waals surface area contributed by atoms with Crippen LogP contribution < -0.4 is 0 Å². The van der Waals surface area contributed by atoms with E-state index in [1.54, 1.807) is 23.9 Å². The van der Waals surface area contributed by atoms with Crippen LogP contribution in [0.25, 0.3) is 11.1 Å². The van der Waals surface area contributed by atoms with Crippen LogP contribution in [0.4, 0.5) is 4.39 Å². The van der Waals surface area contributed by atoms with Gasteiger partial charge in [-0.2, -0.15) is 10.4 Å². The van der Waals surface area contributed by atoms with Gasteiger partial charge < -0.3 is 0 Å². The molecule has 1 aliphatic carbocycles. The van der Waals surface area contributed by atoms with Gasteiger partial charge in [-0.3, -0.25) is 4.68 Å². The summed E-state index contributed by atoms with van der Waals surface area (Å²) in [6.45, 7) is 10.4. The minimum Gasteiger partial charge on any atom is -0.271 e. The molecule has 23 heavy (non-hydrogen) atoms. The standard InChI is InChI=1S/C15H14FN3.2C2H6/c1-11-2-3-12(6-14(11)16)13-7-18-19(8-13)10-15(9-17)4-5-15;2*1-2/h2-3,6-8H,4-5,10H2,1H3;2*1-2H3. The molecule has 0 unspecified atom stereocenters. The Morgan fingerprint density at radius 1 is 1.22 bits per heavy atom. The van der Waals surface area contributed by atoms with E-state index in [-0.39, 0.29) is 11.2 Å². The lowest BCUT2D eigenvalue weighted by atomic mass is 10.1. The number of nitriles is 1. The monoisotopic (exact) mass is 315 g/mol. The summed E-state index contributed by atoms with van der Waals surface area (Å²) in [4.78, 5) is 0. The highest BCUT2D eigenvalue weighted by Crippen LogP contribution is 2.46. The maximum atomic E-state index is 13.5. The van der Waals surface area contributed by atoms with Crippen molar-refractivity contribution < 1.29 is 4.39 Å². The van der Waals surface area contributed by atoms with Gasteiger partial charge in [-0.25, -0.2) is 4.39 Å². The first-order valence-electron chi connectivity index (χ1n) is 8.32. The largest absolute Gasteiger partial charge is 0.271 e. The van der Waals surface area contributed by atoms with Crippen molar-refractivity contribution in [3.63, 3.8) is 0 Å². The quantitative estimate of drug-likeness (QED) is 0.765. The molecule has 1 aliphatic rings. The lowest BCUT2D eigenvalue weighted by Crippen LogP contribution is -2.09. The van der Waals surface area contributed by atoms with E-state index in [0.29, 0.717) is 12.1 Å². The first-order chi connectivity index (χ1) is 11.1. The molecule has 0 saturated heterocycles. The number of aryl methyl sites for hydroxylation is 1. The topological polar surface area (TPSA) is 41.6 Å². The number of hydrogen-bond acceptors (Lipinski definition) is 2. The fraction of sp³-hybridized carbons (Fsp3) is 0.474. The van der Waals surface area contributed by atoms with Crippen LogP contribution in [0, 0.1) is 29.5 Å². The molecule has 0 bridgehead atoms. The van der Waals surface area contributed by atoms with Gasteiger partial charge in [0.05, 0.1) is 24.2 Å². The van der Waals surface area contributed by atoms with Gasteiger partial charge in [0, 0.05) is 11.8 Å². The lowest BCUT2D eigenvalue weighted by molar-refractivity contribution is 0.486. The summed E-state index contributed by atoms with van der Waals surface area (Å²) in [5.74, 6) is -0.207. The van der Waals surface area contributed by atoms with Crippen LogP contribution in [-0.4, -0.2) is 9.78 Å². The van der Waals surface area contributed by atoms with Gasteiger partial charge in [0.1, 0.15) is 5.82 Å². The molecule has 4 heteroatoms. The first-order valence-corrected chi connectivity index (χ1v) is 8.32. The summed E-state index contributed by atoms with van der Waals surface area (Å²) in [5.41, 5.74) is 2.11. The Morgan fingerprint density at radius 2 is 1.87 bits per heavy atom. The summed E-state index contributed by atoms with van der Waals surface area (Å²) in [6.07, 6.45) is 5.48. The lowest BCUT2D eigenvalue weighted by Gasteiger charge is -2.04. The van der Waals surface area contributed by atoms with Gasteiger partial charge in [-0.15, -0.1) is 0 Å². The Balaban J connectivity index is 0.000000615. The zero-order valence-electron chi connectivity index (χ0n) is 14.7. The molecule has 3 nitrogen and oxygen atoms in total. The fourth-order valence-corrected chi connectivity index (χ4v) is 2.14. The molecule has 2 aromatic rings. The van der Waals surface area contributed by atoms with E-state index in [1.165, 1.54) is 6.07 Å². The van der Waals surface area contributed by atoms with E-state index < -0.39 is 0 Å². The number of aromatic nitrogens is 2. The van der Waals surface area contributed by atoms with Crippen LogP contribution in [-0.2, 0) is 6.54 Å². The summed E-state index contributed by atoms with van der Waals surface area (Å²) < 4.78 is 15.3. The van der Waals surface area contributed by atoms with Crippen LogP contribution in [0.15, 0.2) is 30.6 Å². The predicted molar refractivity (Wildman–Crippen MR) is 92.3 cm³/mol. The van der Waals surface area contributed by atoms with Crippen LogP contribution >= 0.6 is 0 Å². The van der Waals surface area contributed by atoms with Crippen molar-refractivity contribution in [1.29, 1.82) is 5.26 Å². The van der Waals surface area contributed by atoms with E-state index in [2.05, 4.69) is 11.2 Å². The third-order valence-corrected chi connectivity index (χ3v) is 3.69. The smallest absolute Gasteiger partial charge is 0.126 e. The van der Waals surface area contributed by atoms with Crippen molar-refractivity contribution >= 4 is 0 Å². The van der Waals surface area contributed by atoms with Crippen LogP contribution in [0.2, 0.25) is 0 Å². The molecule has 124 valence electrons. The van der Waals surface area contributed by atoms with E-state index >= 15 is 0 Å². The highest BCUT2D eigenvalue weighted by molar-refractivity contribution is 5.62. The highest BCUT2D eigenvalue weighted by atomic mass is 19.1. The molecule has 1 fully saturated rings. The van der Waals surface area contributed by atoms with E-state index in [0.717, 1.165) is 24.0 Å². The maximum Gasteiger partial charge on any atom is 0.126 e. The first kappa shape index (κ1) is 18.9. The zero-order valence-corrected chi connectivity index (χ0v) is 14.7. The second-order valence-electron chi connectivity index (χ2n) is 5.28. The van der Waals surface area contributed by atoms with Crippen molar-refractivity contribution in [1.82, 2.24) is 9.78 Å². The number of rotatable bonds is 3. The summed E-state index contributed by atoms with van der Waals surface area (Å²) in [7, 11) is 0.